The van der Waals surface area contributed by atoms with Gasteiger partial charge in [0.05, 0.1) is 11.3 Å². The molecule has 0 spiro atoms. The summed E-state index contributed by atoms with van der Waals surface area (Å²) in [6.45, 7) is 1.56. The standard InChI is InChI=1S/C34H39ClN8O6/c1-2-3-10-26-38-29(35)28(31(46)36-18-23(32(47)48)17-34(15-6-7-16-34)33(49)37-19-27(44)45)43(26)20-21-11-13-22(14-12-21)24-8-4-5-9-25(24)30-39-41-42-40-30/h4-5,8-9,11-14,23H,2-3,6-7,10,15-20H2,1H3,(H,36,46)(H,37,49)(H,44,45)(H,47,48)(H,39,40,41,42). The summed E-state index contributed by atoms with van der Waals surface area (Å²) in [6.07, 6.45) is 4.62. The molecular weight excluding hydrogens is 652 g/mol. The number of tetrazole rings is 1. The minimum Gasteiger partial charge on any atom is -0.481 e. The van der Waals surface area contributed by atoms with Gasteiger partial charge in [0, 0.05) is 25.1 Å². The van der Waals surface area contributed by atoms with Crippen LogP contribution in [-0.2, 0) is 27.3 Å². The molecule has 1 atom stereocenters. The van der Waals surface area contributed by atoms with Crippen molar-refractivity contribution >= 4 is 35.4 Å². The molecular formula is C34H39ClN8O6. The van der Waals surface area contributed by atoms with E-state index in [1.54, 1.807) is 4.57 Å². The van der Waals surface area contributed by atoms with Gasteiger partial charge in [-0.15, -0.1) is 5.10 Å². The monoisotopic (exact) mass is 690 g/mol. The molecule has 15 heteroatoms. The van der Waals surface area contributed by atoms with E-state index in [4.69, 9.17) is 16.7 Å². The van der Waals surface area contributed by atoms with E-state index < -0.39 is 41.6 Å². The topological polar surface area (TPSA) is 205 Å². The number of hydrogen-bond acceptors (Lipinski definition) is 8. The Balaban J connectivity index is 1.35. The van der Waals surface area contributed by atoms with Crippen LogP contribution in [0.5, 0.6) is 0 Å². The van der Waals surface area contributed by atoms with Crippen molar-refractivity contribution in [2.75, 3.05) is 13.1 Å². The summed E-state index contributed by atoms with van der Waals surface area (Å²) in [7, 11) is 0. The Kier molecular flexibility index (Phi) is 11.4. The number of imidazole rings is 1. The largest absolute Gasteiger partial charge is 0.481 e. The number of unbranched alkanes of at least 4 members (excludes halogenated alkanes) is 1. The van der Waals surface area contributed by atoms with Crippen molar-refractivity contribution in [3.8, 4) is 22.5 Å². The van der Waals surface area contributed by atoms with Gasteiger partial charge in [0.25, 0.3) is 5.91 Å². The molecule has 258 valence electrons. The van der Waals surface area contributed by atoms with Crippen LogP contribution < -0.4 is 10.6 Å². The number of nitrogens with zero attached hydrogens (tertiary/aromatic N) is 5. The number of rotatable bonds is 16. The maximum absolute atomic E-state index is 13.7. The predicted octanol–water partition coefficient (Wildman–Crippen LogP) is 4.36. The van der Waals surface area contributed by atoms with Gasteiger partial charge in [-0.05, 0) is 52.8 Å². The average molecular weight is 691 g/mol. The van der Waals surface area contributed by atoms with E-state index in [0.717, 1.165) is 47.9 Å². The number of H-pyrrole nitrogens is 1. The second-order valence-corrected chi connectivity index (χ2v) is 12.7. The first-order valence-corrected chi connectivity index (χ1v) is 16.7. The highest BCUT2D eigenvalue weighted by Crippen LogP contribution is 2.43. The van der Waals surface area contributed by atoms with Crippen molar-refractivity contribution in [1.82, 2.24) is 40.8 Å². The molecule has 2 amide bonds. The Morgan fingerprint density at radius 2 is 1.73 bits per heavy atom. The Morgan fingerprint density at radius 1 is 1.02 bits per heavy atom. The normalized spacial score (nSPS) is 14.3. The van der Waals surface area contributed by atoms with Crippen molar-refractivity contribution in [2.24, 2.45) is 11.3 Å². The van der Waals surface area contributed by atoms with Gasteiger partial charge >= 0.3 is 11.9 Å². The van der Waals surface area contributed by atoms with Gasteiger partial charge in [0.2, 0.25) is 5.91 Å². The van der Waals surface area contributed by atoms with Crippen molar-refractivity contribution in [1.29, 1.82) is 0 Å². The van der Waals surface area contributed by atoms with Gasteiger partial charge < -0.3 is 25.4 Å². The van der Waals surface area contributed by atoms with E-state index in [-0.39, 0.29) is 23.8 Å². The Morgan fingerprint density at radius 3 is 2.37 bits per heavy atom. The van der Waals surface area contributed by atoms with Crippen LogP contribution in [0.15, 0.2) is 48.5 Å². The fraction of sp³-hybridized carbons (Fsp3) is 0.412. The van der Waals surface area contributed by atoms with E-state index >= 15 is 0 Å². The van der Waals surface area contributed by atoms with Gasteiger partial charge in [0.1, 0.15) is 18.1 Å². The molecule has 2 aromatic carbocycles. The Hall–Kier alpha value is -5.11. The third-order valence-electron chi connectivity index (χ3n) is 9.04. The van der Waals surface area contributed by atoms with Crippen LogP contribution in [0.4, 0.5) is 0 Å². The summed E-state index contributed by atoms with van der Waals surface area (Å²) in [6, 6.07) is 15.6. The lowest BCUT2D eigenvalue weighted by atomic mass is 9.76. The van der Waals surface area contributed by atoms with Crippen LogP contribution in [0, 0.1) is 11.3 Å². The molecule has 5 rings (SSSR count). The Bertz CT molecular complexity index is 1780. The number of aliphatic carboxylic acids is 2. The molecule has 0 bridgehead atoms. The van der Waals surface area contributed by atoms with Gasteiger partial charge in [-0.25, -0.2) is 10.1 Å². The highest BCUT2D eigenvalue weighted by atomic mass is 35.5. The second kappa shape index (κ2) is 15.9. The van der Waals surface area contributed by atoms with Crippen LogP contribution in [0.25, 0.3) is 22.5 Å². The molecule has 2 heterocycles. The van der Waals surface area contributed by atoms with E-state index in [9.17, 15) is 24.3 Å². The quantitative estimate of drug-likeness (QED) is 0.112. The number of amides is 2. The number of aryl methyl sites for hydroxylation is 1. The van der Waals surface area contributed by atoms with Crippen molar-refractivity contribution < 1.29 is 29.4 Å². The lowest BCUT2D eigenvalue weighted by Crippen LogP contribution is -2.45. The van der Waals surface area contributed by atoms with Crippen molar-refractivity contribution in [3.05, 3.63) is 70.8 Å². The molecule has 14 nitrogen and oxygen atoms in total. The van der Waals surface area contributed by atoms with E-state index in [2.05, 4.69) is 43.2 Å². The molecule has 0 radical (unpaired) electrons. The minimum absolute atomic E-state index is 0.0157. The predicted molar refractivity (Wildman–Crippen MR) is 180 cm³/mol. The molecule has 1 fully saturated rings. The lowest BCUT2D eigenvalue weighted by molar-refractivity contribution is -0.145. The number of benzene rings is 2. The summed E-state index contributed by atoms with van der Waals surface area (Å²) in [5, 5.41) is 38.5. The zero-order valence-corrected chi connectivity index (χ0v) is 27.9. The summed E-state index contributed by atoms with van der Waals surface area (Å²) in [5.74, 6) is -3.30. The first kappa shape index (κ1) is 35.2. The summed E-state index contributed by atoms with van der Waals surface area (Å²) >= 11 is 6.57. The molecule has 5 N–H and O–H groups in total. The van der Waals surface area contributed by atoms with E-state index in [1.165, 1.54) is 0 Å². The molecule has 4 aromatic rings. The summed E-state index contributed by atoms with van der Waals surface area (Å²) in [5.41, 5.74) is 2.73. The number of halogens is 1. The van der Waals surface area contributed by atoms with E-state index in [1.807, 2.05) is 48.5 Å². The van der Waals surface area contributed by atoms with Crippen LogP contribution in [0.1, 0.15) is 73.7 Å². The third-order valence-corrected chi connectivity index (χ3v) is 9.31. The van der Waals surface area contributed by atoms with Gasteiger partial charge in [-0.3, -0.25) is 19.2 Å². The number of carboxylic acids is 2. The average Bonchev–Trinajstić information content (AvgIpc) is 3.86. The smallest absolute Gasteiger partial charge is 0.322 e. The maximum atomic E-state index is 13.7. The molecule has 2 aromatic heterocycles. The second-order valence-electron chi connectivity index (χ2n) is 12.4. The van der Waals surface area contributed by atoms with E-state index in [0.29, 0.717) is 37.5 Å². The minimum atomic E-state index is -1.18. The van der Waals surface area contributed by atoms with Crippen LogP contribution in [0.2, 0.25) is 5.15 Å². The van der Waals surface area contributed by atoms with Crippen molar-refractivity contribution in [2.45, 2.75) is 64.8 Å². The fourth-order valence-corrected chi connectivity index (χ4v) is 6.79. The SMILES string of the molecule is CCCCc1nc(Cl)c(C(=O)NCC(CC2(C(=O)NCC(=O)O)CCCC2)C(=O)O)n1Cc1ccc(-c2ccccc2-c2nnn[nH]2)cc1. The molecule has 49 heavy (non-hydrogen) atoms. The Labute approximate surface area is 287 Å². The number of aromatic amines is 1. The first-order valence-electron chi connectivity index (χ1n) is 16.3. The highest BCUT2D eigenvalue weighted by Gasteiger charge is 2.44. The molecule has 1 aliphatic carbocycles. The lowest BCUT2D eigenvalue weighted by Gasteiger charge is -2.30. The fourth-order valence-electron chi connectivity index (χ4n) is 6.50. The zero-order valence-electron chi connectivity index (χ0n) is 27.1. The number of aromatic nitrogens is 6. The molecule has 1 saturated carbocycles. The molecule has 0 aliphatic heterocycles. The summed E-state index contributed by atoms with van der Waals surface area (Å²) < 4.78 is 1.77. The zero-order chi connectivity index (χ0) is 35.0. The number of hydrogen-bond donors (Lipinski definition) is 5. The molecule has 1 unspecified atom stereocenters. The third kappa shape index (κ3) is 8.31. The molecule has 1 aliphatic rings. The van der Waals surface area contributed by atoms with Gasteiger partial charge in [0.15, 0.2) is 11.0 Å². The van der Waals surface area contributed by atoms with Crippen LogP contribution in [-0.4, -0.2) is 77.2 Å². The van der Waals surface area contributed by atoms with Crippen LogP contribution in [0.3, 0.4) is 0 Å². The number of nitrogens with one attached hydrogen (secondary N) is 3. The number of carbonyl (C=O) groups excluding carboxylic acids is 2. The maximum Gasteiger partial charge on any atom is 0.322 e. The first-order chi connectivity index (χ1) is 23.6. The van der Waals surface area contributed by atoms with Crippen molar-refractivity contribution in [3.63, 3.8) is 0 Å². The van der Waals surface area contributed by atoms with Gasteiger partial charge in [-0.2, -0.15) is 0 Å². The summed E-state index contributed by atoms with van der Waals surface area (Å²) in [4.78, 5) is 54.6. The number of carboxylic acid groups (broad SMARTS) is 2. The molecule has 0 saturated heterocycles. The van der Waals surface area contributed by atoms with Crippen LogP contribution >= 0.6 is 11.6 Å². The number of carbonyl (C=O) groups is 4. The highest BCUT2D eigenvalue weighted by molar-refractivity contribution is 6.32. The van der Waals surface area contributed by atoms with Gasteiger partial charge in [-0.1, -0.05) is 86.3 Å².